The molecule has 1 N–H and O–H groups in total. The monoisotopic (exact) mass is 373 g/mol. The number of nitrogens with one attached hydrogen (secondary N) is 1. The number of amides is 1. The number of sulfonamides is 1. The highest BCUT2D eigenvalue weighted by Gasteiger charge is 2.30. The number of nitrogens with zero attached hydrogens (tertiary/aromatic N) is 2. The number of piperidine rings is 1. The van der Waals surface area contributed by atoms with Crippen molar-refractivity contribution < 1.29 is 13.2 Å². The number of carbonyl (C=O) groups is 1. The fraction of sp³-hybridized carbons (Fsp3) is 0.688. The van der Waals surface area contributed by atoms with Crippen LogP contribution in [0.25, 0.3) is 0 Å². The van der Waals surface area contributed by atoms with Crippen molar-refractivity contribution >= 4 is 27.3 Å². The van der Waals surface area contributed by atoms with E-state index in [2.05, 4.69) is 21.7 Å². The number of likely N-dealkylation sites (N-methyl/N-ethyl adjacent to an activating group) is 1. The summed E-state index contributed by atoms with van der Waals surface area (Å²) >= 11 is 1.65. The molecule has 136 valence electrons. The Labute approximate surface area is 148 Å². The lowest BCUT2D eigenvalue weighted by Gasteiger charge is -2.31. The Balaban J connectivity index is 1.85. The predicted octanol–water partition coefficient (Wildman–Crippen LogP) is 1.53. The van der Waals surface area contributed by atoms with Gasteiger partial charge in [0.05, 0.1) is 11.8 Å². The SMILES string of the molecule is CCS(=O)(=O)N1CCC(C(=O)NC[C@@H](c2ccsc2)N(C)C)CC1. The molecule has 1 aliphatic heterocycles. The summed E-state index contributed by atoms with van der Waals surface area (Å²) in [4.78, 5) is 14.5. The summed E-state index contributed by atoms with van der Waals surface area (Å²) in [5.41, 5.74) is 1.20. The smallest absolute Gasteiger partial charge is 0.223 e. The summed E-state index contributed by atoms with van der Waals surface area (Å²) in [6, 6.07) is 2.23. The van der Waals surface area contributed by atoms with Crippen LogP contribution in [0.3, 0.4) is 0 Å². The van der Waals surface area contributed by atoms with Crippen LogP contribution in [0.15, 0.2) is 16.8 Å². The Morgan fingerprint density at radius 2 is 2.08 bits per heavy atom. The zero-order chi connectivity index (χ0) is 17.7. The molecular formula is C16H27N3O3S2. The maximum absolute atomic E-state index is 12.4. The molecule has 1 aromatic heterocycles. The molecule has 0 unspecified atom stereocenters. The highest BCUT2D eigenvalue weighted by molar-refractivity contribution is 7.89. The molecule has 2 heterocycles. The van der Waals surface area contributed by atoms with Gasteiger partial charge in [-0.3, -0.25) is 4.79 Å². The third-order valence-corrected chi connectivity index (χ3v) is 7.19. The van der Waals surface area contributed by atoms with Gasteiger partial charge in [0.2, 0.25) is 15.9 Å². The molecule has 0 radical (unpaired) electrons. The summed E-state index contributed by atoms with van der Waals surface area (Å²) in [5.74, 6) is 0.0545. The average molecular weight is 374 g/mol. The molecule has 1 aliphatic rings. The summed E-state index contributed by atoms with van der Waals surface area (Å²) in [6.45, 7) is 3.10. The second kappa shape index (κ2) is 8.42. The van der Waals surface area contributed by atoms with E-state index < -0.39 is 10.0 Å². The second-order valence-corrected chi connectivity index (χ2v) is 9.39. The molecule has 0 saturated carbocycles. The van der Waals surface area contributed by atoms with E-state index in [0.29, 0.717) is 32.5 Å². The van der Waals surface area contributed by atoms with Gasteiger partial charge in [0.15, 0.2) is 0 Å². The third-order valence-electron chi connectivity index (χ3n) is 4.60. The van der Waals surface area contributed by atoms with Crippen molar-refractivity contribution in [2.45, 2.75) is 25.8 Å². The van der Waals surface area contributed by atoms with Crippen molar-refractivity contribution in [1.29, 1.82) is 0 Å². The van der Waals surface area contributed by atoms with Crippen LogP contribution in [0.4, 0.5) is 0 Å². The summed E-state index contributed by atoms with van der Waals surface area (Å²) < 4.78 is 25.3. The molecule has 1 atom stereocenters. The van der Waals surface area contributed by atoms with Gasteiger partial charge >= 0.3 is 0 Å². The van der Waals surface area contributed by atoms with Crippen molar-refractivity contribution in [1.82, 2.24) is 14.5 Å². The summed E-state index contributed by atoms with van der Waals surface area (Å²) in [7, 11) is 0.864. The standard InChI is InChI=1S/C16H27N3O3S2/c1-4-24(21,22)19-8-5-13(6-9-19)16(20)17-11-15(18(2)3)14-7-10-23-12-14/h7,10,12-13,15H,4-6,8-9,11H2,1-3H3,(H,17,20)/t15-/m0/s1. The first-order valence-corrected chi connectivity index (χ1v) is 10.8. The van der Waals surface area contributed by atoms with Crippen molar-refractivity contribution in [3.05, 3.63) is 22.4 Å². The van der Waals surface area contributed by atoms with Crippen molar-refractivity contribution in [3.8, 4) is 0 Å². The van der Waals surface area contributed by atoms with E-state index >= 15 is 0 Å². The molecule has 24 heavy (non-hydrogen) atoms. The molecule has 0 aliphatic carbocycles. The van der Waals surface area contributed by atoms with Gasteiger partial charge in [-0.2, -0.15) is 11.3 Å². The molecule has 0 aromatic carbocycles. The number of hydrogen-bond acceptors (Lipinski definition) is 5. The number of thiophene rings is 1. The van der Waals surface area contributed by atoms with Gasteiger partial charge in [-0.1, -0.05) is 0 Å². The molecule has 1 fully saturated rings. The van der Waals surface area contributed by atoms with E-state index in [0.717, 1.165) is 0 Å². The lowest BCUT2D eigenvalue weighted by molar-refractivity contribution is -0.126. The topological polar surface area (TPSA) is 69.7 Å². The van der Waals surface area contributed by atoms with Crippen LogP contribution in [0.2, 0.25) is 0 Å². The fourth-order valence-electron chi connectivity index (χ4n) is 2.98. The zero-order valence-corrected chi connectivity index (χ0v) is 16.2. The lowest BCUT2D eigenvalue weighted by Crippen LogP contribution is -2.44. The van der Waals surface area contributed by atoms with E-state index in [9.17, 15) is 13.2 Å². The Hall–Kier alpha value is -0.960. The lowest BCUT2D eigenvalue weighted by atomic mass is 9.97. The minimum Gasteiger partial charge on any atom is -0.354 e. The minimum absolute atomic E-state index is 0.0330. The first-order valence-electron chi connectivity index (χ1n) is 8.29. The van der Waals surface area contributed by atoms with Gasteiger partial charge in [-0.25, -0.2) is 12.7 Å². The molecule has 2 rings (SSSR count). The molecule has 1 amide bonds. The van der Waals surface area contributed by atoms with Crippen molar-refractivity contribution in [2.24, 2.45) is 5.92 Å². The quantitative estimate of drug-likeness (QED) is 0.787. The van der Waals surface area contributed by atoms with E-state index in [4.69, 9.17) is 0 Å². The van der Waals surface area contributed by atoms with Gasteiger partial charge in [-0.05, 0) is 56.3 Å². The van der Waals surface area contributed by atoms with Crippen molar-refractivity contribution in [2.75, 3.05) is 39.5 Å². The molecule has 6 nitrogen and oxygen atoms in total. The summed E-state index contributed by atoms with van der Waals surface area (Å²) in [6.07, 6.45) is 1.19. The largest absolute Gasteiger partial charge is 0.354 e. The molecule has 0 spiro atoms. The number of hydrogen-bond donors (Lipinski definition) is 1. The van der Waals surface area contributed by atoms with Crippen LogP contribution < -0.4 is 5.32 Å². The Morgan fingerprint density at radius 3 is 2.58 bits per heavy atom. The van der Waals surface area contributed by atoms with Crippen molar-refractivity contribution in [3.63, 3.8) is 0 Å². The van der Waals surface area contributed by atoms with E-state index in [1.54, 1.807) is 18.3 Å². The normalized spacial score (nSPS) is 18.7. The van der Waals surface area contributed by atoms with Gasteiger partial charge in [-0.15, -0.1) is 0 Å². The number of rotatable bonds is 7. The summed E-state index contributed by atoms with van der Waals surface area (Å²) in [5, 5.41) is 7.19. The molecular weight excluding hydrogens is 346 g/mol. The van der Waals surface area contributed by atoms with Gasteiger partial charge < -0.3 is 10.2 Å². The Bertz CT molecular complexity index is 621. The predicted molar refractivity (Wildman–Crippen MR) is 97.5 cm³/mol. The van der Waals surface area contributed by atoms with Crippen LogP contribution in [0, 0.1) is 5.92 Å². The minimum atomic E-state index is -3.14. The van der Waals surface area contributed by atoms with Gasteiger partial charge in [0.25, 0.3) is 0 Å². The molecule has 1 saturated heterocycles. The Morgan fingerprint density at radius 1 is 1.42 bits per heavy atom. The zero-order valence-electron chi connectivity index (χ0n) is 14.6. The maximum atomic E-state index is 12.4. The fourth-order valence-corrected chi connectivity index (χ4v) is 4.82. The molecule has 1 aromatic rings. The molecule has 0 bridgehead atoms. The number of carbonyl (C=O) groups excluding carboxylic acids is 1. The van der Waals surface area contributed by atoms with E-state index in [1.165, 1.54) is 9.87 Å². The van der Waals surface area contributed by atoms with Crippen LogP contribution in [0.1, 0.15) is 31.4 Å². The molecule has 8 heteroatoms. The van der Waals surface area contributed by atoms with Crippen LogP contribution >= 0.6 is 11.3 Å². The Kier molecular flexibility index (Phi) is 6.79. The first-order chi connectivity index (χ1) is 11.3. The maximum Gasteiger partial charge on any atom is 0.223 e. The second-order valence-electron chi connectivity index (χ2n) is 6.36. The van der Waals surface area contributed by atoms with Crippen LogP contribution in [-0.2, 0) is 14.8 Å². The highest BCUT2D eigenvalue weighted by Crippen LogP contribution is 2.22. The van der Waals surface area contributed by atoms with E-state index in [-0.39, 0.29) is 23.6 Å². The average Bonchev–Trinajstić information content (AvgIpc) is 3.09. The van der Waals surface area contributed by atoms with Gasteiger partial charge in [0.1, 0.15) is 0 Å². The third kappa shape index (κ3) is 4.78. The van der Waals surface area contributed by atoms with E-state index in [1.807, 2.05) is 19.5 Å². The first kappa shape index (κ1) is 19.4. The highest BCUT2D eigenvalue weighted by atomic mass is 32.2. The van der Waals surface area contributed by atoms with Gasteiger partial charge in [0, 0.05) is 25.6 Å². The van der Waals surface area contributed by atoms with Crippen LogP contribution in [0.5, 0.6) is 0 Å². The van der Waals surface area contributed by atoms with Crippen LogP contribution in [-0.4, -0.2) is 63.0 Å².